The van der Waals surface area contributed by atoms with Crippen LogP contribution in [0.3, 0.4) is 0 Å². The van der Waals surface area contributed by atoms with Crippen molar-refractivity contribution in [1.29, 1.82) is 0 Å². The SMILES string of the molecule is CN(Cc1nc2ccccc2[nH]1)C(=O)CCNS(=O)(=O)c1cccc(C(F)(F)F)c1. The van der Waals surface area contributed by atoms with Crippen LogP contribution in [0.5, 0.6) is 0 Å². The van der Waals surface area contributed by atoms with Crippen molar-refractivity contribution in [1.82, 2.24) is 19.6 Å². The summed E-state index contributed by atoms with van der Waals surface area (Å²) in [7, 11) is -2.63. The number of imidazole rings is 1. The number of sulfonamides is 1. The van der Waals surface area contributed by atoms with Crippen molar-refractivity contribution in [2.75, 3.05) is 13.6 Å². The first-order valence-electron chi connectivity index (χ1n) is 8.91. The molecule has 0 unspecified atom stereocenters. The minimum absolute atomic E-state index is 0.158. The van der Waals surface area contributed by atoms with Crippen molar-refractivity contribution in [3.05, 3.63) is 59.9 Å². The predicted molar refractivity (Wildman–Crippen MR) is 104 cm³/mol. The third kappa shape index (κ3) is 5.16. The number of aromatic amines is 1. The Bertz CT molecular complexity index is 1130. The van der Waals surface area contributed by atoms with Gasteiger partial charge in [0.25, 0.3) is 0 Å². The average Bonchev–Trinajstić information content (AvgIpc) is 3.09. The average molecular weight is 440 g/mol. The zero-order valence-corrected chi connectivity index (χ0v) is 16.7. The van der Waals surface area contributed by atoms with Crippen LogP contribution in [0.25, 0.3) is 11.0 Å². The van der Waals surface area contributed by atoms with Crippen LogP contribution in [0.2, 0.25) is 0 Å². The molecule has 2 N–H and O–H groups in total. The van der Waals surface area contributed by atoms with E-state index in [9.17, 15) is 26.4 Å². The minimum Gasteiger partial charge on any atom is -0.340 e. The lowest BCUT2D eigenvalue weighted by molar-refractivity contribution is -0.137. The molecule has 0 bridgehead atoms. The van der Waals surface area contributed by atoms with E-state index in [1.165, 1.54) is 4.90 Å². The molecule has 160 valence electrons. The minimum atomic E-state index is -4.65. The number of halogens is 3. The van der Waals surface area contributed by atoms with Gasteiger partial charge in [0.1, 0.15) is 5.82 Å². The first-order chi connectivity index (χ1) is 14.1. The molecule has 7 nitrogen and oxygen atoms in total. The summed E-state index contributed by atoms with van der Waals surface area (Å²) in [5.41, 5.74) is 0.538. The van der Waals surface area contributed by atoms with Crippen molar-refractivity contribution < 1.29 is 26.4 Å². The number of fused-ring (bicyclic) bond motifs is 1. The van der Waals surface area contributed by atoms with Crippen LogP contribution < -0.4 is 4.72 Å². The number of rotatable bonds is 7. The first kappa shape index (κ1) is 21.8. The molecule has 0 saturated carbocycles. The van der Waals surface area contributed by atoms with Gasteiger partial charge in [-0.05, 0) is 30.3 Å². The van der Waals surface area contributed by atoms with Crippen LogP contribution in [0, 0.1) is 0 Å². The number of hydrogen-bond acceptors (Lipinski definition) is 4. The highest BCUT2D eigenvalue weighted by Crippen LogP contribution is 2.30. The maximum atomic E-state index is 12.8. The van der Waals surface area contributed by atoms with Gasteiger partial charge < -0.3 is 9.88 Å². The highest BCUT2D eigenvalue weighted by Gasteiger charge is 2.31. The predicted octanol–water partition coefficient (Wildman–Crippen LogP) is 2.91. The fraction of sp³-hybridized carbons (Fsp3) is 0.263. The number of para-hydroxylation sites is 2. The number of amides is 1. The highest BCUT2D eigenvalue weighted by molar-refractivity contribution is 7.89. The Morgan fingerprint density at radius 1 is 1.17 bits per heavy atom. The molecular weight excluding hydrogens is 421 g/mol. The summed E-state index contributed by atoms with van der Waals surface area (Å²) in [6.07, 6.45) is -4.81. The first-order valence-corrected chi connectivity index (χ1v) is 10.4. The molecular formula is C19H19F3N4O3S. The molecule has 1 amide bonds. The van der Waals surface area contributed by atoms with Crippen LogP contribution in [0.15, 0.2) is 53.4 Å². The molecule has 1 heterocycles. The number of H-pyrrole nitrogens is 1. The molecule has 0 aliphatic heterocycles. The van der Waals surface area contributed by atoms with Gasteiger partial charge in [-0.3, -0.25) is 4.79 Å². The van der Waals surface area contributed by atoms with Gasteiger partial charge in [0.2, 0.25) is 15.9 Å². The number of benzene rings is 2. The van der Waals surface area contributed by atoms with Crippen LogP contribution in [0.4, 0.5) is 13.2 Å². The third-order valence-corrected chi connectivity index (χ3v) is 5.81. The van der Waals surface area contributed by atoms with Gasteiger partial charge in [0, 0.05) is 20.0 Å². The van der Waals surface area contributed by atoms with Crippen LogP contribution in [0.1, 0.15) is 17.8 Å². The lowest BCUT2D eigenvalue weighted by Gasteiger charge is -2.16. The topological polar surface area (TPSA) is 95.2 Å². The van der Waals surface area contributed by atoms with E-state index < -0.39 is 26.7 Å². The summed E-state index contributed by atoms with van der Waals surface area (Å²) in [4.78, 5) is 20.6. The largest absolute Gasteiger partial charge is 0.416 e. The maximum Gasteiger partial charge on any atom is 0.416 e. The Kier molecular flexibility index (Phi) is 6.13. The van der Waals surface area contributed by atoms with Crippen molar-refractivity contribution in [3.8, 4) is 0 Å². The molecule has 0 saturated heterocycles. The fourth-order valence-corrected chi connectivity index (χ4v) is 3.88. The third-order valence-electron chi connectivity index (χ3n) is 4.35. The van der Waals surface area contributed by atoms with Crippen LogP contribution >= 0.6 is 0 Å². The highest BCUT2D eigenvalue weighted by atomic mass is 32.2. The Hall–Kier alpha value is -2.92. The van der Waals surface area contributed by atoms with Crippen molar-refractivity contribution in [3.63, 3.8) is 0 Å². The zero-order valence-electron chi connectivity index (χ0n) is 15.9. The Morgan fingerprint density at radius 2 is 1.90 bits per heavy atom. The molecule has 0 aliphatic carbocycles. The molecule has 2 aromatic carbocycles. The normalized spacial score (nSPS) is 12.3. The lowest BCUT2D eigenvalue weighted by Crippen LogP contribution is -2.32. The Morgan fingerprint density at radius 3 is 2.60 bits per heavy atom. The molecule has 0 spiro atoms. The van der Waals surface area contributed by atoms with Gasteiger partial charge >= 0.3 is 6.18 Å². The number of carbonyl (C=O) groups excluding carboxylic acids is 1. The molecule has 0 fully saturated rings. The van der Waals surface area contributed by atoms with E-state index in [2.05, 4.69) is 14.7 Å². The van der Waals surface area contributed by atoms with Gasteiger partial charge in [-0.1, -0.05) is 18.2 Å². The number of aromatic nitrogens is 2. The van der Waals surface area contributed by atoms with E-state index in [0.717, 1.165) is 29.2 Å². The van der Waals surface area contributed by atoms with Crippen LogP contribution in [-0.4, -0.2) is 42.8 Å². The summed E-state index contributed by atoms with van der Waals surface area (Å²) >= 11 is 0. The Labute approximate surface area is 171 Å². The van der Waals surface area contributed by atoms with E-state index >= 15 is 0 Å². The molecule has 0 atom stereocenters. The van der Waals surface area contributed by atoms with Crippen molar-refractivity contribution in [2.24, 2.45) is 0 Å². The summed E-state index contributed by atoms with van der Waals surface area (Å²) in [5.74, 6) is 0.235. The second kappa shape index (κ2) is 8.44. The van der Waals surface area contributed by atoms with E-state index in [1.54, 1.807) is 7.05 Å². The standard InChI is InChI=1S/C19H19F3N4O3S/c1-26(12-17-24-15-7-2-3-8-16(15)25-17)18(27)9-10-23-30(28,29)14-6-4-5-13(11-14)19(20,21)22/h2-8,11,23H,9-10,12H2,1H3,(H,24,25). The number of alkyl halides is 3. The van der Waals surface area contributed by atoms with E-state index in [4.69, 9.17) is 0 Å². The number of carbonyl (C=O) groups is 1. The molecule has 1 aromatic heterocycles. The smallest absolute Gasteiger partial charge is 0.340 e. The molecule has 3 aromatic rings. The van der Waals surface area contributed by atoms with Gasteiger partial charge in [0.15, 0.2) is 0 Å². The van der Waals surface area contributed by atoms with Gasteiger partial charge in [-0.25, -0.2) is 18.1 Å². The quantitative estimate of drug-likeness (QED) is 0.591. The monoisotopic (exact) mass is 440 g/mol. The summed E-state index contributed by atoms with van der Waals surface area (Å²) in [6, 6.07) is 10.8. The second-order valence-corrected chi connectivity index (χ2v) is 8.39. The molecule has 3 rings (SSSR count). The van der Waals surface area contributed by atoms with Crippen molar-refractivity contribution >= 4 is 27.0 Å². The molecule has 30 heavy (non-hydrogen) atoms. The summed E-state index contributed by atoms with van der Waals surface area (Å²) < 4.78 is 65.0. The van der Waals surface area contributed by atoms with E-state index in [0.29, 0.717) is 11.9 Å². The van der Waals surface area contributed by atoms with Gasteiger partial charge in [0.05, 0.1) is 28.0 Å². The maximum absolute atomic E-state index is 12.8. The Balaban J connectivity index is 1.56. The molecule has 0 radical (unpaired) electrons. The number of hydrogen-bond donors (Lipinski definition) is 2. The summed E-state index contributed by atoms with van der Waals surface area (Å²) in [5, 5.41) is 0. The molecule has 0 aliphatic rings. The number of nitrogens with zero attached hydrogens (tertiary/aromatic N) is 2. The second-order valence-electron chi connectivity index (χ2n) is 6.62. The molecule has 11 heteroatoms. The van der Waals surface area contributed by atoms with Gasteiger partial charge in [-0.2, -0.15) is 13.2 Å². The van der Waals surface area contributed by atoms with Crippen LogP contribution in [-0.2, 0) is 27.5 Å². The van der Waals surface area contributed by atoms with E-state index in [-0.39, 0.29) is 25.4 Å². The lowest BCUT2D eigenvalue weighted by atomic mass is 10.2. The number of nitrogens with one attached hydrogen (secondary N) is 2. The fourth-order valence-electron chi connectivity index (χ4n) is 2.80. The zero-order chi connectivity index (χ0) is 21.9. The van der Waals surface area contributed by atoms with Gasteiger partial charge in [-0.15, -0.1) is 0 Å². The van der Waals surface area contributed by atoms with E-state index in [1.807, 2.05) is 24.3 Å². The van der Waals surface area contributed by atoms with Crippen molar-refractivity contribution in [2.45, 2.75) is 24.0 Å². The summed E-state index contributed by atoms with van der Waals surface area (Å²) in [6.45, 7) is -0.0459.